The van der Waals surface area contributed by atoms with Gasteiger partial charge in [0.05, 0.1) is 12.6 Å². The lowest BCUT2D eigenvalue weighted by molar-refractivity contribution is 0.187. The summed E-state index contributed by atoms with van der Waals surface area (Å²) in [7, 11) is 0. The largest absolute Gasteiger partial charge is 0.386 e. The minimum Gasteiger partial charge on any atom is -0.386 e. The average molecular weight is 481 g/mol. The molecule has 1 heterocycles. The lowest BCUT2D eigenvalue weighted by Gasteiger charge is -2.26. The molecule has 7 heteroatoms. The first kappa shape index (κ1) is 22.5. The van der Waals surface area contributed by atoms with E-state index in [1.807, 2.05) is 19.1 Å². The fourth-order valence-electron chi connectivity index (χ4n) is 2.83. The zero-order valence-electron chi connectivity index (χ0n) is 14.9. The van der Waals surface area contributed by atoms with Gasteiger partial charge in [-0.15, -0.1) is 24.0 Å². The molecule has 0 amide bonds. The lowest BCUT2D eigenvalue weighted by Crippen LogP contribution is -2.42. The summed E-state index contributed by atoms with van der Waals surface area (Å²) in [6.45, 7) is 7.45. The predicted octanol–water partition coefficient (Wildman–Crippen LogP) is 3.03. The van der Waals surface area contributed by atoms with Gasteiger partial charge in [-0.05, 0) is 50.6 Å². The van der Waals surface area contributed by atoms with Gasteiger partial charge >= 0.3 is 0 Å². The van der Waals surface area contributed by atoms with Crippen molar-refractivity contribution in [3.8, 4) is 0 Å². The molecule has 5 nitrogen and oxygen atoms in total. The third-order valence-corrected chi connectivity index (χ3v) is 4.44. The van der Waals surface area contributed by atoms with Gasteiger partial charge in [0.2, 0.25) is 0 Å². The van der Waals surface area contributed by atoms with Gasteiger partial charge in [-0.2, -0.15) is 0 Å². The van der Waals surface area contributed by atoms with E-state index >= 15 is 0 Å². The van der Waals surface area contributed by atoms with Crippen molar-refractivity contribution in [3.63, 3.8) is 0 Å². The van der Waals surface area contributed by atoms with Crippen molar-refractivity contribution in [2.45, 2.75) is 32.3 Å². The molecule has 1 saturated heterocycles. The van der Waals surface area contributed by atoms with E-state index in [-0.39, 0.29) is 24.0 Å². The van der Waals surface area contributed by atoms with E-state index in [1.165, 1.54) is 32.4 Å². The summed E-state index contributed by atoms with van der Waals surface area (Å²) in [6.07, 6.45) is 3.35. The molecule has 25 heavy (non-hydrogen) atoms. The second kappa shape index (κ2) is 12.7. The first-order valence-corrected chi connectivity index (χ1v) is 9.25. The molecule has 0 saturated carbocycles. The third kappa shape index (κ3) is 8.57. The lowest BCUT2D eigenvalue weighted by atomic mass is 10.1. The van der Waals surface area contributed by atoms with E-state index < -0.39 is 6.10 Å². The molecule has 142 valence electrons. The van der Waals surface area contributed by atoms with Crippen LogP contribution < -0.4 is 10.6 Å². The molecule has 0 bridgehead atoms. The van der Waals surface area contributed by atoms with Crippen LogP contribution in [0.5, 0.6) is 0 Å². The third-order valence-electron chi connectivity index (χ3n) is 4.19. The fourth-order valence-corrected chi connectivity index (χ4v) is 2.95. The minimum atomic E-state index is -0.625. The molecule has 0 spiro atoms. The number of aliphatic hydroxyl groups is 1. The molecule has 0 aliphatic carbocycles. The van der Waals surface area contributed by atoms with E-state index in [2.05, 4.69) is 20.5 Å². The molecule has 1 aromatic carbocycles. The first-order valence-electron chi connectivity index (χ1n) is 8.87. The monoisotopic (exact) mass is 480 g/mol. The van der Waals surface area contributed by atoms with Crippen LogP contribution in [-0.2, 0) is 0 Å². The molecule has 1 atom stereocenters. The number of aliphatic imine (C=N–C) groups is 1. The van der Waals surface area contributed by atoms with Gasteiger partial charge in [-0.1, -0.05) is 30.2 Å². The Hall–Kier alpha value is -0.570. The summed E-state index contributed by atoms with van der Waals surface area (Å²) in [5, 5.41) is 17.5. The topological polar surface area (TPSA) is 59.9 Å². The number of halogens is 2. The summed E-state index contributed by atoms with van der Waals surface area (Å²) < 4.78 is 0. The van der Waals surface area contributed by atoms with Crippen molar-refractivity contribution in [3.05, 3.63) is 34.9 Å². The number of hydrogen-bond acceptors (Lipinski definition) is 3. The number of hydrogen-bond donors (Lipinski definition) is 3. The van der Waals surface area contributed by atoms with Gasteiger partial charge in [0.1, 0.15) is 0 Å². The Morgan fingerprint density at radius 3 is 2.52 bits per heavy atom. The standard InChI is InChI=1S/C18H29ClN4O.HI/c1-2-20-18(21-10-13-23-11-4-3-5-12-23)22-14-17(24)15-6-8-16(19)9-7-15;/h6-9,17,24H,2-5,10-14H2,1H3,(H2,20,21,22);1H. The Balaban J connectivity index is 0.00000312. The van der Waals surface area contributed by atoms with Gasteiger partial charge in [-0.3, -0.25) is 4.99 Å². The smallest absolute Gasteiger partial charge is 0.191 e. The van der Waals surface area contributed by atoms with Gasteiger partial charge in [-0.25, -0.2) is 0 Å². The Bertz CT molecular complexity index is 506. The number of piperidine rings is 1. The second-order valence-corrected chi connectivity index (χ2v) is 6.55. The molecule has 1 fully saturated rings. The summed E-state index contributed by atoms with van der Waals surface area (Å²) >= 11 is 5.87. The van der Waals surface area contributed by atoms with Crippen LogP contribution in [0, 0.1) is 0 Å². The molecular formula is C18H30ClIN4O. The molecular weight excluding hydrogens is 451 g/mol. The number of guanidine groups is 1. The number of benzene rings is 1. The first-order chi connectivity index (χ1) is 11.7. The van der Waals surface area contributed by atoms with Crippen LogP contribution in [0.15, 0.2) is 29.3 Å². The van der Waals surface area contributed by atoms with Crippen LogP contribution in [0.3, 0.4) is 0 Å². The fraction of sp³-hybridized carbons (Fsp3) is 0.611. The highest BCUT2D eigenvalue weighted by atomic mass is 127. The van der Waals surface area contributed by atoms with Crippen molar-refractivity contribution in [1.29, 1.82) is 0 Å². The quantitative estimate of drug-likeness (QED) is 0.319. The Labute approximate surface area is 173 Å². The Kier molecular flexibility index (Phi) is 11.4. The van der Waals surface area contributed by atoms with Crippen molar-refractivity contribution < 1.29 is 5.11 Å². The van der Waals surface area contributed by atoms with Crippen molar-refractivity contribution in [1.82, 2.24) is 15.5 Å². The zero-order valence-corrected chi connectivity index (χ0v) is 18.0. The van der Waals surface area contributed by atoms with Crippen LogP contribution in [0.25, 0.3) is 0 Å². The SMILES string of the molecule is CCNC(=NCC(O)c1ccc(Cl)cc1)NCCN1CCCCC1.I. The summed E-state index contributed by atoms with van der Waals surface area (Å²) in [5.41, 5.74) is 0.826. The van der Waals surface area contributed by atoms with E-state index in [1.54, 1.807) is 12.1 Å². The van der Waals surface area contributed by atoms with Crippen molar-refractivity contribution in [2.75, 3.05) is 39.3 Å². The van der Waals surface area contributed by atoms with Crippen molar-refractivity contribution >= 4 is 41.5 Å². The number of likely N-dealkylation sites (tertiary alicyclic amines) is 1. The summed E-state index contributed by atoms with van der Waals surface area (Å²) in [5.74, 6) is 0.752. The second-order valence-electron chi connectivity index (χ2n) is 6.12. The minimum absolute atomic E-state index is 0. The maximum atomic E-state index is 10.2. The molecule has 1 aliphatic rings. The van der Waals surface area contributed by atoms with Gasteiger partial charge in [0, 0.05) is 24.7 Å². The average Bonchev–Trinajstić information content (AvgIpc) is 2.61. The molecule has 2 rings (SSSR count). The summed E-state index contributed by atoms with van der Waals surface area (Å²) in [4.78, 5) is 6.98. The van der Waals surface area contributed by atoms with E-state index in [0.29, 0.717) is 11.6 Å². The Morgan fingerprint density at radius 1 is 1.20 bits per heavy atom. The number of nitrogens with zero attached hydrogens (tertiary/aromatic N) is 2. The highest BCUT2D eigenvalue weighted by Gasteiger charge is 2.10. The highest BCUT2D eigenvalue weighted by Crippen LogP contribution is 2.16. The van der Waals surface area contributed by atoms with E-state index in [0.717, 1.165) is 31.2 Å². The van der Waals surface area contributed by atoms with Gasteiger partial charge in [0.25, 0.3) is 0 Å². The number of aliphatic hydroxyl groups excluding tert-OH is 1. The van der Waals surface area contributed by atoms with Crippen molar-refractivity contribution in [2.24, 2.45) is 4.99 Å². The maximum absolute atomic E-state index is 10.2. The number of rotatable bonds is 7. The molecule has 0 radical (unpaired) electrons. The molecule has 1 unspecified atom stereocenters. The van der Waals surface area contributed by atoms with Gasteiger partial charge < -0.3 is 20.6 Å². The Morgan fingerprint density at radius 2 is 1.88 bits per heavy atom. The molecule has 3 N–H and O–H groups in total. The van der Waals surface area contributed by atoms with E-state index in [9.17, 15) is 5.11 Å². The van der Waals surface area contributed by atoms with Crippen LogP contribution in [0.4, 0.5) is 0 Å². The molecule has 1 aliphatic heterocycles. The van der Waals surface area contributed by atoms with Crippen LogP contribution in [-0.4, -0.2) is 55.2 Å². The molecule has 0 aromatic heterocycles. The highest BCUT2D eigenvalue weighted by molar-refractivity contribution is 14.0. The number of nitrogens with one attached hydrogen (secondary N) is 2. The van der Waals surface area contributed by atoms with Crippen LogP contribution in [0.2, 0.25) is 5.02 Å². The van der Waals surface area contributed by atoms with Crippen LogP contribution >= 0.6 is 35.6 Å². The normalized spacial score (nSPS) is 16.8. The van der Waals surface area contributed by atoms with Gasteiger partial charge in [0.15, 0.2) is 5.96 Å². The predicted molar refractivity (Wildman–Crippen MR) is 116 cm³/mol. The summed E-state index contributed by atoms with van der Waals surface area (Å²) in [6, 6.07) is 7.23. The van der Waals surface area contributed by atoms with Crippen LogP contribution in [0.1, 0.15) is 37.9 Å². The zero-order chi connectivity index (χ0) is 17.2. The maximum Gasteiger partial charge on any atom is 0.191 e. The van der Waals surface area contributed by atoms with E-state index in [4.69, 9.17) is 11.6 Å². The molecule has 1 aromatic rings.